The molecule has 0 fully saturated rings. The van der Waals surface area contributed by atoms with Gasteiger partial charge in [0.2, 0.25) is 0 Å². The van der Waals surface area contributed by atoms with E-state index >= 15 is 0 Å². The van der Waals surface area contributed by atoms with E-state index in [9.17, 15) is 5.11 Å². The Morgan fingerprint density at radius 3 is 2.79 bits per heavy atom. The number of aromatic hydroxyl groups is 1. The van der Waals surface area contributed by atoms with Crippen LogP contribution in [0.15, 0.2) is 18.2 Å². The third-order valence-electron chi connectivity index (χ3n) is 2.00. The van der Waals surface area contributed by atoms with Crippen LogP contribution in [0.2, 0.25) is 5.02 Å². The van der Waals surface area contributed by atoms with Crippen molar-refractivity contribution in [2.45, 2.75) is 19.5 Å². The lowest BCUT2D eigenvalue weighted by Gasteiger charge is -2.12. The fraction of sp³-hybridized carbons (Fsp3) is 0.400. The molecule has 0 unspecified atom stereocenters. The summed E-state index contributed by atoms with van der Waals surface area (Å²) < 4.78 is 0. The molecule has 1 atom stereocenters. The van der Waals surface area contributed by atoms with E-state index in [1.165, 1.54) is 0 Å². The number of aliphatic hydroxyl groups excluding tert-OH is 1. The Bertz CT molecular complexity index is 284. The minimum absolute atomic E-state index is 0.00864. The van der Waals surface area contributed by atoms with Crippen molar-refractivity contribution in [3.05, 3.63) is 28.8 Å². The molecule has 0 aliphatic carbocycles. The third-order valence-corrected chi connectivity index (χ3v) is 2.35. The number of halogens is 1. The lowest BCUT2D eigenvalue weighted by atomic mass is 10.2. The van der Waals surface area contributed by atoms with Crippen molar-refractivity contribution in [2.75, 3.05) is 6.61 Å². The van der Waals surface area contributed by atoms with Gasteiger partial charge in [0.25, 0.3) is 0 Å². The normalized spacial score (nSPS) is 12.8. The molecule has 0 radical (unpaired) electrons. The highest BCUT2D eigenvalue weighted by Gasteiger charge is 2.06. The molecule has 78 valence electrons. The second-order valence-electron chi connectivity index (χ2n) is 3.20. The van der Waals surface area contributed by atoms with E-state index < -0.39 is 0 Å². The Labute approximate surface area is 88.3 Å². The number of phenolic OH excluding ortho intramolecular Hbond substituents is 1. The second-order valence-corrected chi connectivity index (χ2v) is 3.61. The molecule has 0 saturated heterocycles. The largest absolute Gasteiger partial charge is 0.508 e. The maximum Gasteiger partial charge on any atom is 0.121 e. The first-order valence-corrected chi connectivity index (χ1v) is 4.83. The average Bonchev–Trinajstić information content (AvgIpc) is 2.16. The van der Waals surface area contributed by atoms with Crippen LogP contribution in [0.3, 0.4) is 0 Å². The van der Waals surface area contributed by atoms with Crippen LogP contribution in [0.1, 0.15) is 12.5 Å². The van der Waals surface area contributed by atoms with Gasteiger partial charge in [0.15, 0.2) is 0 Å². The topological polar surface area (TPSA) is 52.5 Å². The van der Waals surface area contributed by atoms with Gasteiger partial charge < -0.3 is 15.5 Å². The number of nitrogens with one attached hydrogen (secondary N) is 1. The predicted molar refractivity (Wildman–Crippen MR) is 56.5 cm³/mol. The third kappa shape index (κ3) is 2.87. The Kier molecular flexibility index (Phi) is 4.20. The van der Waals surface area contributed by atoms with E-state index in [-0.39, 0.29) is 18.4 Å². The molecule has 1 rings (SSSR count). The number of aliphatic hydroxyl groups is 1. The van der Waals surface area contributed by atoms with Crippen molar-refractivity contribution in [3.8, 4) is 5.75 Å². The highest BCUT2D eigenvalue weighted by molar-refractivity contribution is 6.31. The molecule has 0 aliphatic heterocycles. The van der Waals surface area contributed by atoms with Gasteiger partial charge in [0.1, 0.15) is 5.75 Å². The molecule has 0 aliphatic rings. The first-order chi connectivity index (χ1) is 6.65. The van der Waals surface area contributed by atoms with Crippen LogP contribution in [0.25, 0.3) is 0 Å². The van der Waals surface area contributed by atoms with Gasteiger partial charge in [-0.2, -0.15) is 0 Å². The molecule has 1 aromatic rings. The van der Waals surface area contributed by atoms with Crippen molar-refractivity contribution < 1.29 is 10.2 Å². The van der Waals surface area contributed by atoms with Crippen molar-refractivity contribution >= 4 is 11.6 Å². The van der Waals surface area contributed by atoms with Crippen molar-refractivity contribution in [3.63, 3.8) is 0 Å². The molecule has 0 saturated carbocycles. The molecule has 0 spiro atoms. The van der Waals surface area contributed by atoms with Crippen LogP contribution >= 0.6 is 11.6 Å². The van der Waals surface area contributed by atoms with Gasteiger partial charge >= 0.3 is 0 Å². The highest BCUT2D eigenvalue weighted by atomic mass is 35.5. The maximum absolute atomic E-state index is 9.49. The molecule has 0 heterocycles. The van der Waals surface area contributed by atoms with E-state index in [0.29, 0.717) is 17.1 Å². The number of hydrogen-bond donors (Lipinski definition) is 3. The van der Waals surface area contributed by atoms with Crippen LogP contribution in [0.5, 0.6) is 5.75 Å². The summed E-state index contributed by atoms with van der Waals surface area (Å²) in [5, 5.41) is 21.8. The Morgan fingerprint density at radius 1 is 1.50 bits per heavy atom. The highest BCUT2D eigenvalue weighted by Crippen LogP contribution is 2.24. The smallest absolute Gasteiger partial charge is 0.121 e. The summed E-state index contributed by atoms with van der Waals surface area (Å²) in [6.45, 7) is 2.37. The first kappa shape index (κ1) is 11.3. The lowest BCUT2D eigenvalue weighted by molar-refractivity contribution is 0.250. The molecule has 4 heteroatoms. The van der Waals surface area contributed by atoms with E-state index in [4.69, 9.17) is 16.7 Å². The van der Waals surface area contributed by atoms with Gasteiger partial charge in [-0.05, 0) is 19.1 Å². The summed E-state index contributed by atoms with van der Waals surface area (Å²) in [5.41, 5.74) is 0.662. The summed E-state index contributed by atoms with van der Waals surface area (Å²) in [4.78, 5) is 0. The number of hydrogen-bond acceptors (Lipinski definition) is 3. The molecule has 3 nitrogen and oxygen atoms in total. The molecule has 1 aromatic carbocycles. The summed E-state index contributed by atoms with van der Waals surface area (Å²) in [6, 6.07) is 5.00. The van der Waals surface area contributed by atoms with E-state index in [1.807, 2.05) is 6.92 Å². The van der Waals surface area contributed by atoms with Gasteiger partial charge in [-0.15, -0.1) is 0 Å². The zero-order chi connectivity index (χ0) is 10.6. The molecular weight excluding hydrogens is 202 g/mol. The van der Waals surface area contributed by atoms with Gasteiger partial charge in [0.05, 0.1) is 6.61 Å². The van der Waals surface area contributed by atoms with Crippen LogP contribution in [-0.2, 0) is 6.54 Å². The van der Waals surface area contributed by atoms with E-state index in [2.05, 4.69) is 5.32 Å². The zero-order valence-electron chi connectivity index (χ0n) is 8.00. The Balaban J connectivity index is 2.66. The SMILES string of the molecule is C[C@H](CO)NCc1c(O)cccc1Cl. The van der Waals surface area contributed by atoms with Crippen LogP contribution in [-0.4, -0.2) is 22.9 Å². The fourth-order valence-electron chi connectivity index (χ4n) is 1.06. The van der Waals surface area contributed by atoms with E-state index in [0.717, 1.165) is 0 Å². The second kappa shape index (κ2) is 5.20. The molecule has 14 heavy (non-hydrogen) atoms. The summed E-state index contributed by atoms with van der Waals surface area (Å²) in [5.74, 6) is 0.176. The van der Waals surface area contributed by atoms with Gasteiger partial charge in [-0.3, -0.25) is 0 Å². The van der Waals surface area contributed by atoms with Crippen molar-refractivity contribution in [2.24, 2.45) is 0 Å². The summed E-state index contributed by atoms with van der Waals surface area (Å²) in [7, 11) is 0. The van der Waals surface area contributed by atoms with Crippen molar-refractivity contribution in [1.82, 2.24) is 5.32 Å². The standard InChI is InChI=1S/C10H14ClNO2/c1-7(6-13)12-5-8-9(11)3-2-4-10(8)14/h2-4,7,12-14H,5-6H2,1H3/t7-/m1/s1. The quantitative estimate of drug-likeness (QED) is 0.714. The molecule has 0 bridgehead atoms. The monoisotopic (exact) mass is 215 g/mol. The van der Waals surface area contributed by atoms with Gasteiger partial charge in [0, 0.05) is 23.2 Å². The zero-order valence-corrected chi connectivity index (χ0v) is 8.75. The number of phenols is 1. The van der Waals surface area contributed by atoms with Gasteiger partial charge in [-0.1, -0.05) is 17.7 Å². The summed E-state index contributed by atoms with van der Waals surface area (Å²) >= 11 is 5.89. The van der Waals surface area contributed by atoms with E-state index in [1.54, 1.807) is 18.2 Å². The lowest BCUT2D eigenvalue weighted by Crippen LogP contribution is -2.28. The molecular formula is C10H14ClNO2. The van der Waals surface area contributed by atoms with Crippen molar-refractivity contribution in [1.29, 1.82) is 0 Å². The van der Waals surface area contributed by atoms with Gasteiger partial charge in [-0.25, -0.2) is 0 Å². The van der Waals surface area contributed by atoms with Crippen LogP contribution < -0.4 is 5.32 Å². The molecule has 0 amide bonds. The number of rotatable bonds is 4. The first-order valence-electron chi connectivity index (χ1n) is 4.45. The molecule has 0 aromatic heterocycles. The predicted octanol–water partition coefficient (Wildman–Crippen LogP) is 1.52. The van der Waals surface area contributed by atoms with Crippen LogP contribution in [0.4, 0.5) is 0 Å². The molecule has 3 N–H and O–H groups in total. The van der Waals surface area contributed by atoms with Crippen LogP contribution in [0, 0.1) is 0 Å². The average molecular weight is 216 g/mol. The minimum atomic E-state index is -0.00864. The maximum atomic E-state index is 9.49. The Morgan fingerprint density at radius 2 is 2.21 bits per heavy atom. The summed E-state index contributed by atoms with van der Waals surface area (Å²) in [6.07, 6.45) is 0. The fourth-order valence-corrected chi connectivity index (χ4v) is 1.30. The Hall–Kier alpha value is -0.770. The minimum Gasteiger partial charge on any atom is -0.508 e. The number of benzene rings is 1.